The van der Waals surface area contributed by atoms with Crippen molar-refractivity contribution in [3.63, 3.8) is 0 Å². The summed E-state index contributed by atoms with van der Waals surface area (Å²) in [5, 5.41) is 3.38. The van der Waals surface area contributed by atoms with Crippen LogP contribution in [0.5, 0.6) is 11.5 Å². The number of piperidine rings is 1. The lowest BCUT2D eigenvalue weighted by Gasteiger charge is -2.36. The van der Waals surface area contributed by atoms with Gasteiger partial charge in [-0.05, 0) is 69.1 Å². The number of carbonyl (C=O) groups is 1. The minimum atomic E-state index is -0.260. The molecule has 0 spiro atoms. The molecule has 0 unspecified atom stereocenters. The molecule has 3 rings (SSSR count). The van der Waals surface area contributed by atoms with Gasteiger partial charge in [0.05, 0.1) is 5.56 Å². The zero-order chi connectivity index (χ0) is 17.7. The van der Waals surface area contributed by atoms with Crippen LogP contribution in [0.4, 0.5) is 0 Å². The number of ether oxygens (including phenoxy) is 1. The van der Waals surface area contributed by atoms with E-state index in [1.54, 1.807) is 0 Å². The van der Waals surface area contributed by atoms with Crippen molar-refractivity contribution in [1.29, 1.82) is 0 Å². The average Bonchev–Trinajstić information content (AvgIpc) is 2.63. The summed E-state index contributed by atoms with van der Waals surface area (Å²) in [6.07, 6.45) is 3.76. The topological polar surface area (TPSA) is 38.3 Å². The largest absolute Gasteiger partial charge is 0.457 e. The molecule has 0 saturated carbocycles. The van der Waals surface area contributed by atoms with Crippen molar-refractivity contribution in [3.8, 4) is 11.5 Å². The average molecular weight is 337 g/mol. The van der Waals surface area contributed by atoms with Crippen LogP contribution in [-0.2, 0) is 0 Å². The van der Waals surface area contributed by atoms with Gasteiger partial charge in [0.15, 0.2) is 5.78 Å². The minimum Gasteiger partial charge on any atom is -0.457 e. The third kappa shape index (κ3) is 3.93. The minimum absolute atomic E-state index is 0.238. The van der Waals surface area contributed by atoms with Gasteiger partial charge in [-0.15, -0.1) is 0 Å². The monoisotopic (exact) mass is 337 g/mol. The van der Waals surface area contributed by atoms with Gasteiger partial charge < -0.3 is 10.1 Å². The summed E-state index contributed by atoms with van der Waals surface area (Å²) in [7, 11) is 0. The molecule has 2 aromatic carbocycles. The van der Waals surface area contributed by atoms with Crippen LogP contribution in [0.3, 0.4) is 0 Å². The second kappa shape index (κ2) is 7.83. The molecule has 0 aliphatic carbocycles. The van der Waals surface area contributed by atoms with Gasteiger partial charge in [-0.3, -0.25) is 4.79 Å². The molecule has 1 aliphatic heterocycles. The van der Waals surface area contributed by atoms with E-state index in [1.807, 2.05) is 55.5 Å². The van der Waals surface area contributed by atoms with Crippen LogP contribution in [0.2, 0.25) is 0 Å². The van der Waals surface area contributed by atoms with E-state index in [4.69, 9.17) is 4.74 Å². The number of hydrogen-bond donors (Lipinski definition) is 1. The molecule has 0 bridgehead atoms. The molecule has 132 valence electrons. The lowest BCUT2D eigenvalue weighted by atomic mass is 9.70. The van der Waals surface area contributed by atoms with Crippen molar-refractivity contribution < 1.29 is 9.53 Å². The Morgan fingerprint density at radius 2 is 1.84 bits per heavy atom. The smallest absolute Gasteiger partial charge is 0.172 e. The van der Waals surface area contributed by atoms with E-state index in [-0.39, 0.29) is 11.2 Å². The van der Waals surface area contributed by atoms with Gasteiger partial charge in [0.2, 0.25) is 0 Å². The zero-order valence-electron chi connectivity index (χ0n) is 15.2. The molecule has 1 heterocycles. The number of carbonyl (C=O) groups excluding carboxylic acids is 1. The Morgan fingerprint density at radius 3 is 2.52 bits per heavy atom. The van der Waals surface area contributed by atoms with Crippen molar-refractivity contribution in [2.75, 3.05) is 13.1 Å². The first-order chi connectivity index (χ1) is 12.1. The van der Waals surface area contributed by atoms with Crippen LogP contribution in [0, 0.1) is 12.3 Å². The van der Waals surface area contributed by atoms with Crippen molar-refractivity contribution >= 4 is 5.78 Å². The lowest BCUT2D eigenvalue weighted by Crippen LogP contribution is -2.42. The van der Waals surface area contributed by atoms with Crippen LogP contribution in [0.25, 0.3) is 0 Å². The van der Waals surface area contributed by atoms with Crippen LogP contribution < -0.4 is 10.1 Å². The van der Waals surface area contributed by atoms with Crippen LogP contribution in [0.1, 0.15) is 48.5 Å². The summed E-state index contributed by atoms with van der Waals surface area (Å²) < 4.78 is 6.09. The summed E-state index contributed by atoms with van der Waals surface area (Å²) in [4.78, 5) is 13.5. The van der Waals surface area contributed by atoms with E-state index in [0.29, 0.717) is 11.3 Å². The molecule has 0 radical (unpaired) electrons. The summed E-state index contributed by atoms with van der Waals surface area (Å²) in [5.41, 5.74) is 1.55. The van der Waals surface area contributed by atoms with Crippen molar-refractivity contribution in [3.05, 3.63) is 59.7 Å². The molecule has 3 heteroatoms. The Hall–Kier alpha value is -2.13. The van der Waals surface area contributed by atoms with Crippen molar-refractivity contribution in [2.45, 2.75) is 39.5 Å². The highest BCUT2D eigenvalue weighted by Crippen LogP contribution is 2.40. The van der Waals surface area contributed by atoms with Gasteiger partial charge >= 0.3 is 0 Å². The Balaban J connectivity index is 1.96. The van der Waals surface area contributed by atoms with Crippen molar-refractivity contribution in [2.24, 2.45) is 5.41 Å². The number of ketones is 1. The number of aryl methyl sites for hydroxylation is 1. The van der Waals surface area contributed by atoms with E-state index in [1.165, 1.54) is 0 Å². The number of para-hydroxylation sites is 1. The Kier molecular flexibility index (Phi) is 5.54. The molecular weight excluding hydrogens is 310 g/mol. The number of hydrogen-bond acceptors (Lipinski definition) is 3. The first kappa shape index (κ1) is 17.7. The van der Waals surface area contributed by atoms with Crippen LogP contribution in [-0.4, -0.2) is 18.9 Å². The Bertz CT molecular complexity index is 713. The number of nitrogens with one attached hydrogen (secondary N) is 1. The highest BCUT2D eigenvalue weighted by molar-refractivity contribution is 6.03. The molecule has 1 fully saturated rings. The third-order valence-corrected chi connectivity index (χ3v) is 5.12. The van der Waals surface area contributed by atoms with Crippen molar-refractivity contribution in [1.82, 2.24) is 5.32 Å². The molecule has 0 amide bonds. The standard InChI is InChI=1S/C22H27NO2/c1-3-11-22(12-14-23-15-13-22)21(24)19-10-9-17(2)16-20(19)25-18-7-5-4-6-8-18/h4-10,16,23H,3,11-15H2,1-2H3. The molecular formula is C22H27NO2. The number of benzene rings is 2. The predicted octanol–water partition coefficient (Wildman–Crippen LogP) is 5.14. The first-order valence-electron chi connectivity index (χ1n) is 9.24. The number of rotatable bonds is 6. The van der Waals surface area contributed by atoms with E-state index in [9.17, 15) is 4.79 Å². The van der Waals surface area contributed by atoms with E-state index in [0.717, 1.165) is 50.1 Å². The predicted molar refractivity (Wildman–Crippen MR) is 101 cm³/mol. The maximum absolute atomic E-state index is 13.5. The van der Waals surface area contributed by atoms with Gasteiger partial charge in [0.25, 0.3) is 0 Å². The van der Waals surface area contributed by atoms with Gasteiger partial charge in [-0.1, -0.05) is 37.6 Å². The van der Waals surface area contributed by atoms with Crippen LogP contribution in [0.15, 0.2) is 48.5 Å². The Labute approximate surface area is 150 Å². The number of Topliss-reactive ketones (excluding diaryl/α,β-unsaturated/α-hetero) is 1. The van der Waals surface area contributed by atoms with Gasteiger partial charge in [0, 0.05) is 5.41 Å². The van der Waals surface area contributed by atoms with Crippen LogP contribution >= 0.6 is 0 Å². The SMILES string of the molecule is CCCC1(C(=O)c2ccc(C)cc2Oc2ccccc2)CCNCC1. The summed E-state index contributed by atoms with van der Waals surface area (Å²) in [5.74, 6) is 1.67. The second-order valence-corrected chi connectivity index (χ2v) is 7.02. The normalized spacial score (nSPS) is 16.4. The summed E-state index contributed by atoms with van der Waals surface area (Å²) in [6, 6.07) is 15.6. The highest BCUT2D eigenvalue weighted by Gasteiger charge is 2.40. The first-order valence-corrected chi connectivity index (χ1v) is 9.24. The highest BCUT2D eigenvalue weighted by atomic mass is 16.5. The summed E-state index contributed by atoms with van der Waals surface area (Å²) >= 11 is 0. The summed E-state index contributed by atoms with van der Waals surface area (Å²) in [6.45, 7) is 6.00. The van der Waals surface area contributed by atoms with E-state index in [2.05, 4.69) is 12.2 Å². The maximum Gasteiger partial charge on any atom is 0.172 e. The molecule has 0 atom stereocenters. The molecule has 2 aromatic rings. The van der Waals surface area contributed by atoms with E-state index < -0.39 is 0 Å². The lowest BCUT2D eigenvalue weighted by molar-refractivity contribution is 0.0702. The zero-order valence-corrected chi connectivity index (χ0v) is 15.2. The van der Waals surface area contributed by atoms with Gasteiger partial charge in [0.1, 0.15) is 11.5 Å². The van der Waals surface area contributed by atoms with Gasteiger partial charge in [-0.25, -0.2) is 0 Å². The van der Waals surface area contributed by atoms with Gasteiger partial charge in [-0.2, -0.15) is 0 Å². The third-order valence-electron chi connectivity index (χ3n) is 5.12. The molecule has 3 nitrogen and oxygen atoms in total. The molecule has 1 N–H and O–H groups in total. The second-order valence-electron chi connectivity index (χ2n) is 7.02. The quantitative estimate of drug-likeness (QED) is 0.742. The van der Waals surface area contributed by atoms with E-state index >= 15 is 0 Å². The Morgan fingerprint density at radius 1 is 1.12 bits per heavy atom. The fourth-order valence-corrected chi connectivity index (χ4v) is 3.78. The molecule has 1 saturated heterocycles. The molecule has 1 aliphatic rings. The fourth-order valence-electron chi connectivity index (χ4n) is 3.78. The molecule has 25 heavy (non-hydrogen) atoms. The fraction of sp³-hybridized carbons (Fsp3) is 0.409. The molecule has 0 aromatic heterocycles. The maximum atomic E-state index is 13.5.